The van der Waals surface area contributed by atoms with Gasteiger partial charge in [0.2, 0.25) is 0 Å². The van der Waals surface area contributed by atoms with Crippen LogP contribution in [0.1, 0.15) is 65.7 Å². The van der Waals surface area contributed by atoms with Gasteiger partial charge in [-0.25, -0.2) is 4.79 Å². The van der Waals surface area contributed by atoms with Gasteiger partial charge in [0.25, 0.3) is 0 Å². The highest BCUT2D eigenvalue weighted by Crippen LogP contribution is 2.58. The SMILES string of the molecule is C=C1CCC2C(COC(C)=O)CCCC2(C)C1CCC(C)=CC(=O)O. The van der Waals surface area contributed by atoms with Gasteiger partial charge in [-0.15, -0.1) is 0 Å². The zero-order chi connectivity index (χ0) is 18.6. The number of carboxylic acid groups (broad SMARTS) is 1. The second kappa shape index (κ2) is 8.20. The summed E-state index contributed by atoms with van der Waals surface area (Å²) in [5.74, 6) is 0.346. The number of esters is 1. The largest absolute Gasteiger partial charge is 0.478 e. The number of allylic oxidation sites excluding steroid dienone is 2. The first-order chi connectivity index (χ1) is 11.7. The zero-order valence-corrected chi connectivity index (χ0v) is 15.8. The topological polar surface area (TPSA) is 63.6 Å². The number of carbonyl (C=O) groups is 2. The van der Waals surface area contributed by atoms with Crippen LogP contribution in [0.2, 0.25) is 0 Å². The summed E-state index contributed by atoms with van der Waals surface area (Å²) in [6.07, 6.45) is 8.70. The molecule has 2 rings (SSSR count). The van der Waals surface area contributed by atoms with E-state index in [1.165, 1.54) is 25.0 Å². The van der Waals surface area contributed by atoms with Crippen LogP contribution >= 0.6 is 0 Å². The molecule has 4 atom stereocenters. The van der Waals surface area contributed by atoms with E-state index in [1.807, 2.05) is 6.92 Å². The minimum atomic E-state index is -0.872. The van der Waals surface area contributed by atoms with Gasteiger partial charge in [0, 0.05) is 13.0 Å². The molecule has 0 amide bonds. The average molecular weight is 348 g/mol. The third-order valence-corrected chi connectivity index (χ3v) is 6.47. The van der Waals surface area contributed by atoms with Gasteiger partial charge in [0.15, 0.2) is 0 Å². The van der Waals surface area contributed by atoms with Gasteiger partial charge >= 0.3 is 11.9 Å². The molecule has 2 fully saturated rings. The third-order valence-electron chi connectivity index (χ3n) is 6.47. The molecule has 0 spiro atoms. The summed E-state index contributed by atoms with van der Waals surface area (Å²) in [6, 6.07) is 0. The maximum absolute atomic E-state index is 11.2. The Morgan fingerprint density at radius 2 is 2.08 bits per heavy atom. The lowest BCUT2D eigenvalue weighted by atomic mass is 9.51. The van der Waals surface area contributed by atoms with E-state index in [-0.39, 0.29) is 11.4 Å². The lowest BCUT2D eigenvalue weighted by Gasteiger charge is -2.54. The molecule has 0 aromatic heterocycles. The van der Waals surface area contributed by atoms with Crippen LogP contribution in [-0.2, 0) is 14.3 Å². The summed E-state index contributed by atoms with van der Waals surface area (Å²) in [6.45, 7) is 10.6. The number of hydrogen-bond donors (Lipinski definition) is 1. The van der Waals surface area contributed by atoms with Gasteiger partial charge in [-0.1, -0.05) is 31.1 Å². The Labute approximate surface area is 151 Å². The predicted molar refractivity (Wildman–Crippen MR) is 98.1 cm³/mol. The fourth-order valence-corrected chi connectivity index (χ4v) is 5.26. The van der Waals surface area contributed by atoms with E-state index < -0.39 is 5.97 Å². The van der Waals surface area contributed by atoms with E-state index in [1.54, 1.807) is 0 Å². The quantitative estimate of drug-likeness (QED) is 0.427. The monoisotopic (exact) mass is 348 g/mol. The lowest BCUT2D eigenvalue weighted by molar-refractivity contribution is -0.145. The van der Waals surface area contributed by atoms with Crippen LogP contribution < -0.4 is 0 Å². The Kier molecular flexibility index (Phi) is 6.47. The minimum Gasteiger partial charge on any atom is -0.478 e. The van der Waals surface area contributed by atoms with E-state index in [0.29, 0.717) is 24.4 Å². The molecule has 0 aromatic rings. The van der Waals surface area contributed by atoms with Crippen LogP contribution in [0, 0.1) is 23.2 Å². The fourth-order valence-electron chi connectivity index (χ4n) is 5.26. The number of carboxylic acids is 1. The van der Waals surface area contributed by atoms with E-state index in [4.69, 9.17) is 9.84 Å². The summed E-state index contributed by atoms with van der Waals surface area (Å²) < 4.78 is 5.34. The van der Waals surface area contributed by atoms with Gasteiger partial charge < -0.3 is 9.84 Å². The van der Waals surface area contributed by atoms with Gasteiger partial charge in [-0.2, -0.15) is 0 Å². The van der Waals surface area contributed by atoms with E-state index in [9.17, 15) is 9.59 Å². The number of rotatable bonds is 6. The number of ether oxygens (including phenoxy) is 1. The summed E-state index contributed by atoms with van der Waals surface area (Å²) in [5.41, 5.74) is 2.41. The van der Waals surface area contributed by atoms with E-state index in [0.717, 1.165) is 44.1 Å². The first-order valence-electron chi connectivity index (χ1n) is 9.45. The fraction of sp³-hybridized carbons (Fsp3) is 0.714. The molecule has 2 saturated carbocycles. The molecule has 1 N–H and O–H groups in total. The zero-order valence-electron chi connectivity index (χ0n) is 15.8. The van der Waals surface area contributed by atoms with Crippen LogP contribution in [0.3, 0.4) is 0 Å². The normalized spacial score (nSPS) is 32.8. The Hall–Kier alpha value is -1.58. The molecule has 2 aliphatic rings. The number of fused-ring (bicyclic) bond motifs is 1. The highest BCUT2D eigenvalue weighted by atomic mass is 16.5. The maximum atomic E-state index is 11.2. The summed E-state index contributed by atoms with van der Waals surface area (Å²) in [5, 5.41) is 8.91. The van der Waals surface area contributed by atoms with Crippen molar-refractivity contribution in [3.63, 3.8) is 0 Å². The smallest absolute Gasteiger partial charge is 0.328 e. The highest BCUT2D eigenvalue weighted by molar-refractivity contribution is 5.80. The van der Waals surface area contributed by atoms with E-state index in [2.05, 4.69) is 13.5 Å². The van der Waals surface area contributed by atoms with Crippen LogP contribution in [0.4, 0.5) is 0 Å². The molecule has 4 nitrogen and oxygen atoms in total. The standard InChI is InChI=1S/C21H32O4/c1-14(12-20(23)24)7-9-18-15(2)8-10-19-17(13-25-16(3)22)6-5-11-21(18,19)4/h12,17-19H,2,5-11,13H2,1,3-4H3,(H,23,24). The Balaban J connectivity index is 2.12. The molecule has 0 aromatic carbocycles. The first kappa shape index (κ1) is 19.7. The number of hydrogen-bond acceptors (Lipinski definition) is 3. The van der Waals surface area contributed by atoms with Crippen molar-refractivity contribution in [2.45, 2.75) is 65.7 Å². The summed E-state index contributed by atoms with van der Waals surface area (Å²) in [7, 11) is 0. The molecule has 25 heavy (non-hydrogen) atoms. The van der Waals surface area contributed by atoms with Crippen molar-refractivity contribution in [3.8, 4) is 0 Å². The molecular weight excluding hydrogens is 316 g/mol. The van der Waals surface area contributed by atoms with Crippen molar-refractivity contribution >= 4 is 11.9 Å². The second-order valence-corrected chi connectivity index (χ2v) is 8.18. The Morgan fingerprint density at radius 3 is 2.72 bits per heavy atom. The molecule has 4 heteroatoms. The lowest BCUT2D eigenvalue weighted by Crippen LogP contribution is -2.47. The summed E-state index contributed by atoms with van der Waals surface area (Å²) in [4.78, 5) is 22.1. The second-order valence-electron chi connectivity index (χ2n) is 8.18. The minimum absolute atomic E-state index is 0.182. The van der Waals surface area contributed by atoms with Crippen molar-refractivity contribution in [1.29, 1.82) is 0 Å². The van der Waals surface area contributed by atoms with Crippen LogP contribution in [-0.4, -0.2) is 23.7 Å². The van der Waals surface area contributed by atoms with Gasteiger partial charge in [0.05, 0.1) is 6.61 Å². The van der Waals surface area contributed by atoms with Crippen molar-refractivity contribution in [3.05, 3.63) is 23.8 Å². The molecule has 2 aliphatic carbocycles. The van der Waals surface area contributed by atoms with Crippen molar-refractivity contribution in [1.82, 2.24) is 0 Å². The summed E-state index contributed by atoms with van der Waals surface area (Å²) >= 11 is 0. The molecule has 4 unspecified atom stereocenters. The molecule has 0 saturated heterocycles. The number of aliphatic carboxylic acids is 1. The van der Waals surface area contributed by atoms with Gasteiger partial charge in [0.1, 0.15) is 0 Å². The highest BCUT2D eigenvalue weighted by Gasteiger charge is 2.49. The van der Waals surface area contributed by atoms with Crippen LogP contribution in [0.15, 0.2) is 23.8 Å². The molecule has 140 valence electrons. The van der Waals surface area contributed by atoms with Crippen molar-refractivity contribution < 1.29 is 19.4 Å². The van der Waals surface area contributed by atoms with Crippen molar-refractivity contribution in [2.75, 3.05) is 6.61 Å². The molecule has 0 radical (unpaired) electrons. The van der Waals surface area contributed by atoms with Crippen LogP contribution in [0.25, 0.3) is 0 Å². The Bertz CT molecular complexity index is 562. The predicted octanol–water partition coefficient (Wildman–Crippen LogP) is 4.75. The van der Waals surface area contributed by atoms with E-state index >= 15 is 0 Å². The average Bonchev–Trinajstić information content (AvgIpc) is 2.50. The molecule has 0 heterocycles. The van der Waals surface area contributed by atoms with Crippen LogP contribution in [0.5, 0.6) is 0 Å². The molecule has 0 bridgehead atoms. The van der Waals surface area contributed by atoms with Gasteiger partial charge in [-0.05, 0) is 68.6 Å². The van der Waals surface area contributed by atoms with Crippen molar-refractivity contribution in [2.24, 2.45) is 23.2 Å². The maximum Gasteiger partial charge on any atom is 0.328 e. The molecular formula is C21H32O4. The number of carbonyl (C=O) groups excluding carboxylic acids is 1. The third kappa shape index (κ3) is 4.74. The first-order valence-corrected chi connectivity index (χ1v) is 9.45. The Morgan fingerprint density at radius 1 is 1.36 bits per heavy atom. The van der Waals surface area contributed by atoms with Gasteiger partial charge in [-0.3, -0.25) is 4.79 Å². The molecule has 0 aliphatic heterocycles.